The van der Waals surface area contributed by atoms with Crippen LogP contribution in [-0.2, 0) is 4.74 Å². The average molecular weight is 385 g/mol. The highest BCUT2D eigenvalue weighted by Crippen LogP contribution is 2.40. The number of epoxide rings is 1. The van der Waals surface area contributed by atoms with E-state index in [1.807, 2.05) is 18.2 Å². The standard InChI is InChI=1S/C17H9Cl4NO/c18-9-4-11-10(16-7-23-16)6-15(22-17(11)14(21)5-9)8-1-2-12(19)13(20)3-8/h1-6,16H,7H2/t16-/m1/s1. The Labute approximate surface area is 152 Å². The highest BCUT2D eigenvalue weighted by atomic mass is 35.5. The molecule has 2 heterocycles. The first-order valence-electron chi connectivity index (χ1n) is 6.89. The molecule has 0 unspecified atom stereocenters. The Hall–Kier alpha value is -1.03. The second-order valence-electron chi connectivity index (χ2n) is 5.33. The normalized spacial score (nSPS) is 16.8. The summed E-state index contributed by atoms with van der Waals surface area (Å²) >= 11 is 24.6. The van der Waals surface area contributed by atoms with Crippen molar-refractivity contribution in [1.29, 1.82) is 0 Å². The van der Waals surface area contributed by atoms with Crippen molar-refractivity contribution in [3.8, 4) is 11.3 Å². The van der Waals surface area contributed by atoms with E-state index in [0.717, 1.165) is 22.2 Å². The lowest BCUT2D eigenvalue weighted by Crippen LogP contribution is -1.93. The van der Waals surface area contributed by atoms with Gasteiger partial charge in [-0.1, -0.05) is 52.5 Å². The van der Waals surface area contributed by atoms with E-state index in [1.165, 1.54) is 0 Å². The molecular formula is C17H9Cl4NO. The Morgan fingerprint density at radius 1 is 0.913 bits per heavy atom. The number of fused-ring (bicyclic) bond motifs is 1. The fourth-order valence-corrected chi connectivity index (χ4v) is 3.41. The minimum atomic E-state index is 0.0524. The van der Waals surface area contributed by atoms with Crippen LogP contribution in [0.3, 0.4) is 0 Å². The van der Waals surface area contributed by atoms with E-state index in [-0.39, 0.29) is 6.10 Å². The first kappa shape index (κ1) is 15.5. The SMILES string of the molecule is Clc1cc(Cl)c2nc(-c3ccc(Cl)c(Cl)c3)cc([C@H]3CO3)c2c1. The molecule has 2 aromatic carbocycles. The number of ether oxygens (including phenoxy) is 1. The summed E-state index contributed by atoms with van der Waals surface area (Å²) in [7, 11) is 0. The predicted molar refractivity (Wildman–Crippen MR) is 95.9 cm³/mol. The Kier molecular flexibility index (Phi) is 3.91. The molecule has 0 aliphatic carbocycles. The zero-order valence-electron chi connectivity index (χ0n) is 11.6. The van der Waals surface area contributed by atoms with Crippen molar-refractivity contribution in [3.05, 3.63) is 62.1 Å². The molecule has 3 aromatic rings. The minimum Gasteiger partial charge on any atom is -0.368 e. The van der Waals surface area contributed by atoms with E-state index < -0.39 is 0 Å². The first-order chi connectivity index (χ1) is 11.0. The quantitative estimate of drug-likeness (QED) is 0.466. The van der Waals surface area contributed by atoms with Crippen LogP contribution >= 0.6 is 46.4 Å². The maximum absolute atomic E-state index is 6.34. The summed E-state index contributed by atoms with van der Waals surface area (Å²) in [5, 5.41) is 2.99. The van der Waals surface area contributed by atoms with Gasteiger partial charge in [-0.2, -0.15) is 0 Å². The van der Waals surface area contributed by atoms with Gasteiger partial charge in [0.05, 0.1) is 32.9 Å². The molecule has 0 spiro atoms. The molecule has 1 aromatic heterocycles. The van der Waals surface area contributed by atoms with Crippen molar-refractivity contribution < 1.29 is 4.74 Å². The molecule has 6 heteroatoms. The fraction of sp³-hybridized carbons (Fsp3) is 0.118. The molecule has 1 fully saturated rings. The number of hydrogen-bond donors (Lipinski definition) is 0. The molecule has 23 heavy (non-hydrogen) atoms. The van der Waals surface area contributed by atoms with Crippen molar-refractivity contribution >= 4 is 57.3 Å². The predicted octanol–water partition coefficient (Wildman–Crippen LogP) is 6.59. The van der Waals surface area contributed by atoms with Crippen LogP contribution in [0.25, 0.3) is 22.2 Å². The monoisotopic (exact) mass is 383 g/mol. The highest BCUT2D eigenvalue weighted by Gasteiger charge is 2.28. The van der Waals surface area contributed by atoms with Crippen molar-refractivity contribution in [1.82, 2.24) is 4.98 Å². The van der Waals surface area contributed by atoms with E-state index >= 15 is 0 Å². The van der Waals surface area contributed by atoms with Crippen LogP contribution in [0.5, 0.6) is 0 Å². The molecule has 0 radical (unpaired) electrons. The van der Waals surface area contributed by atoms with Gasteiger partial charge in [0, 0.05) is 16.0 Å². The molecule has 1 aliphatic heterocycles. The highest BCUT2D eigenvalue weighted by molar-refractivity contribution is 6.42. The smallest absolute Gasteiger partial charge is 0.107 e. The van der Waals surface area contributed by atoms with Gasteiger partial charge in [0.25, 0.3) is 0 Å². The number of hydrogen-bond acceptors (Lipinski definition) is 2. The van der Waals surface area contributed by atoms with Gasteiger partial charge in [0.1, 0.15) is 6.10 Å². The van der Waals surface area contributed by atoms with Crippen LogP contribution in [0, 0.1) is 0 Å². The third-order valence-electron chi connectivity index (χ3n) is 3.76. The molecule has 116 valence electrons. The van der Waals surface area contributed by atoms with Gasteiger partial charge in [-0.3, -0.25) is 0 Å². The molecular weight excluding hydrogens is 376 g/mol. The number of pyridine rings is 1. The Bertz CT molecular complexity index is 938. The number of nitrogens with zero attached hydrogens (tertiary/aromatic N) is 1. The van der Waals surface area contributed by atoms with Crippen molar-refractivity contribution in [2.24, 2.45) is 0 Å². The molecule has 4 rings (SSSR count). The zero-order chi connectivity index (χ0) is 16.1. The second-order valence-corrected chi connectivity index (χ2v) is 6.99. The van der Waals surface area contributed by atoms with Gasteiger partial charge >= 0.3 is 0 Å². The number of aromatic nitrogens is 1. The summed E-state index contributed by atoms with van der Waals surface area (Å²) in [5.41, 5.74) is 3.37. The van der Waals surface area contributed by atoms with Crippen molar-refractivity contribution in [2.45, 2.75) is 6.10 Å². The first-order valence-corrected chi connectivity index (χ1v) is 8.41. The summed E-state index contributed by atoms with van der Waals surface area (Å²) in [4.78, 5) is 4.68. The van der Waals surface area contributed by atoms with Crippen LogP contribution in [0.4, 0.5) is 0 Å². The van der Waals surface area contributed by atoms with Crippen LogP contribution in [0.1, 0.15) is 11.7 Å². The van der Waals surface area contributed by atoms with Crippen LogP contribution in [-0.4, -0.2) is 11.6 Å². The fourth-order valence-electron chi connectivity index (χ4n) is 2.57. The Balaban J connectivity index is 1.99. The lowest BCUT2D eigenvalue weighted by molar-refractivity contribution is 0.417. The van der Waals surface area contributed by atoms with Gasteiger partial charge in [0.15, 0.2) is 0 Å². The summed E-state index contributed by atoms with van der Waals surface area (Å²) in [6.45, 7) is 0.685. The largest absolute Gasteiger partial charge is 0.368 e. The van der Waals surface area contributed by atoms with Crippen molar-refractivity contribution in [2.75, 3.05) is 6.61 Å². The Morgan fingerprint density at radius 3 is 2.39 bits per heavy atom. The van der Waals surface area contributed by atoms with Crippen molar-refractivity contribution in [3.63, 3.8) is 0 Å². The molecule has 0 bridgehead atoms. The van der Waals surface area contributed by atoms with Gasteiger partial charge in [-0.15, -0.1) is 0 Å². The van der Waals surface area contributed by atoms with E-state index in [0.29, 0.717) is 32.2 Å². The summed E-state index contributed by atoms with van der Waals surface area (Å²) in [6, 6.07) is 11.0. The van der Waals surface area contributed by atoms with Gasteiger partial charge in [-0.05, 0) is 35.9 Å². The zero-order valence-corrected chi connectivity index (χ0v) is 14.6. The number of halogens is 4. The lowest BCUT2D eigenvalue weighted by Gasteiger charge is -2.10. The van der Waals surface area contributed by atoms with E-state index in [1.54, 1.807) is 18.2 Å². The van der Waals surface area contributed by atoms with E-state index in [9.17, 15) is 0 Å². The number of rotatable bonds is 2. The summed E-state index contributed by atoms with van der Waals surface area (Å²) < 4.78 is 5.45. The molecule has 0 saturated carbocycles. The molecule has 2 nitrogen and oxygen atoms in total. The Morgan fingerprint density at radius 2 is 1.70 bits per heavy atom. The molecule has 1 aliphatic rings. The molecule has 1 saturated heterocycles. The average Bonchev–Trinajstić information content (AvgIpc) is 3.34. The van der Waals surface area contributed by atoms with Gasteiger partial charge in [0.2, 0.25) is 0 Å². The van der Waals surface area contributed by atoms with E-state index in [4.69, 9.17) is 51.1 Å². The summed E-state index contributed by atoms with van der Waals surface area (Å²) in [5.74, 6) is 0. The lowest BCUT2D eigenvalue weighted by atomic mass is 10.0. The van der Waals surface area contributed by atoms with E-state index in [2.05, 4.69) is 4.98 Å². The van der Waals surface area contributed by atoms with Crippen LogP contribution < -0.4 is 0 Å². The topological polar surface area (TPSA) is 25.4 Å². The maximum atomic E-state index is 6.34. The third kappa shape index (κ3) is 2.90. The third-order valence-corrected chi connectivity index (χ3v) is 5.00. The molecule has 0 amide bonds. The summed E-state index contributed by atoms with van der Waals surface area (Å²) in [6.07, 6.45) is 0.0524. The van der Waals surface area contributed by atoms with Gasteiger partial charge < -0.3 is 4.74 Å². The number of benzene rings is 2. The molecule has 1 atom stereocenters. The minimum absolute atomic E-state index is 0.0524. The van der Waals surface area contributed by atoms with Crippen LogP contribution in [0.2, 0.25) is 20.1 Å². The van der Waals surface area contributed by atoms with Gasteiger partial charge in [-0.25, -0.2) is 4.98 Å². The maximum Gasteiger partial charge on any atom is 0.107 e. The second kappa shape index (κ2) is 5.80. The molecule has 0 N–H and O–H groups in total. The van der Waals surface area contributed by atoms with Crippen LogP contribution in [0.15, 0.2) is 36.4 Å².